The van der Waals surface area contributed by atoms with Crippen LogP contribution in [0.5, 0.6) is 0 Å². The van der Waals surface area contributed by atoms with Crippen LogP contribution in [0.25, 0.3) is 0 Å². The van der Waals surface area contributed by atoms with Crippen molar-refractivity contribution in [2.24, 2.45) is 0 Å². The topological polar surface area (TPSA) is 155 Å². The second kappa shape index (κ2) is 8.04. The van der Waals surface area contributed by atoms with E-state index in [2.05, 4.69) is 4.52 Å². The second-order valence-electron chi connectivity index (χ2n) is 5.03. The third-order valence-corrected chi connectivity index (χ3v) is 3.36. The lowest BCUT2D eigenvalue weighted by Crippen LogP contribution is -2.60. The molecule has 0 amide bonds. The van der Waals surface area contributed by atoms with E-state index >= 15 is 0 Å². The van der Waals surface area contributed by atoms with Crippen LogP contribution in [-0.2, 0) is 42.4 Å². The summed E-state index contributed by atoms with van der Waals surface area (Å²) in [5.41, 5.74) is 0. The monoisotopic (exact) mass is 370 g/mol. The van der Waals surface area contributed by atoms with Gasteiger partial charge in [-0.2, -0.15) is 0 Å². The molecule has 1 aliphatic heterocycles. The Hall–Kier alpha value is -1.52. The Morgan fingerprint density at radius 2 is 1.29 bits per heavy atom. The van der Waals surface area contributed by atoms with Gasteiger partial charge in [-0.15, -0.1) is 0 Å². The van der Waals surface area contributed by atoms with Gasteiger partial charge in [-0.25, -0.2) is 4.57 Å². The normalized spacial score (nSPS) is 30.3. The number of hydrogen-bond donors (Lipinski definition) is 2. The molecule has 1 heterocycles. The summed E-state index contributed by atoms with van der Waals surface area (Å²) in [6.07, 6.45) is -6.81. The van der Waals surface area contributed by atoms with Crippen LogP contribution >= 0.6 is 7.82 Å². The molecular weight excluding hydrogens is 351 g/mol. The summed E-state index contributed by atoms with van der Waals surface area (Å²) in [5.74, 6) is -2.36. The van der Waals surface area contributed by atoms with Crippen molar-refractivity contribution < 1.29 is 52.2 Å². The van der Waals surface area contributed by atoms with Crippen LogP contribution < -0.4 is 0 Å². The zero-order valence-corrected chi connectivity index (χ0v) is 14.3. The highest BCUT2D eigenvalue weighted by Crippen LogP contribution is 2.42. The van der Waals surface area contributed by atoms with Gasteiger partial charge in [-0.3, -0.25) is 18.9 Å². The maximum atomic E-state index is 11.3. The molecule has 1 fully saturated rings. The summed E-state index contributed by atoms with van der Waals surface area (Å²) in [6, 6.07) is 0. The van der Waals surface area contributed by atoms with Gasteiger partial charge in [-0.1, -0.05) is 0 Å². The molecule has 0 unspecified atom stereocenters. The van der Waals surface area contributed by atoms with Crippen LogP contribution in [0.2, 0.25) is 0 Å². The molecule has 12 heteroatoms. The predicted octanol–water partition coefficient (Wildman–Crippen LogP) is -0.364. The first-order valence-electron chi connectivity index (χ1n) is 6.81. The van der Waals surface area contributed by atoms with Crippen molar-refractivity contribution in [3.63, 3.8) is 0 Å². The van der Waals surface area contributed by atoms with E-state index in [1.807, 2.05) is 0 Å². The number of carbonyl (C=O) groups excluding carboxylic acids is 3. The Kier molecular flexibility index (Phi) is 6.87. The number of rotatable bonds is 5. The zero-order valence-electron chi connectivity index (χ0n) is 13.4. The van der Waals surface area contributed by atoms with E-state index < -0.39 is 56.4 Å². The molecule has 0 spiro atoms. The molecule has 138 valence electrons. The summed E-state index contributed by atoms with van der Waals surface area (Å²) in [4.78, 5) is 51.8. The molecule has 0 bridgehead atoms. The molecule has 5 atom stereocenters. The van der Waals surface area contributed by atoms with Crippen molar-refractivity contribution in [2.75, 3.05) is 0 Å². The van der Waals surface area contributed by atoms with E-state index in [0.717, 1.165) is 20.8 Å². The fourth-order valence-corrected chi connectivity index (χ4v) is 2.63. The van der Waals surface area contributed by atoms with Crippen molar-refractivity contribution in [3.8, 4) is 0 Å². The summed E-state index contributed by atoms with van der Waals surface area (Å²) in [5, 5.41) is 0. The Morgan fingerprint density at radius 1 is 0.875 bits per heavy atom. The van der Waals surface area contributed by atoms with Crippen molar-refractivity contribution in [1.29, 1.82) is 0 Å². The lowest BCUT2D eigenvalue weighted by Gasteiger charge is -2.43. The lowest BCUT2D eigenvalue weighted by molar-refractivity contribution is -0.283. The van der Waals surface area contributed by atoms with Crippen LogP contribution in [0.1, 0.15) is 27.7 Å². The Bertz CT molecular complexity index is 541. The molecule has 0 aromatic heterocycles. The highest BCUT2D eigenvalue weighted by molar-refractivity contribution is 7.46. The van der Waals surface area contributed by atoms with Gasteiger partial charge in [0, 0.05) is 20.8 Å². The minimum Gasteiger partial charge on any atom is -0.456 e. The molecule has 0 aromatic carbocycles. The Morgan fingerprint density at radius 3 is 1.71 bits per heavy atom. The van der Waals surface area contributed by atoms with Crippen LogP contribution in [0.15, 0.2) is 0 Å². The molecule has 11 nitrogen and oxygen atoms in total. The average molecular weight is 370 g/mol. The number of phosphoric ester groups is 1. The standard InChI is InChI=1S/C12H19O11P/c1-5-9(20-6(2)13)10(21-7(3)14)11(22-8(4)15)12(19-5)23-24(16,17)18/h5,9-12H,1-4H3,(H2,16,17,18)/t5-,9-,10-,11+,12+/m0/s1. The van der Waals surface area contributed by atoms with Crippen LogP contribution in [-0.4, -0.2) is 58.4 Å². The molecule has 24 heavy (non-hydrogen) atoms. The highest BCUT2D eigenvalue weighted by Gasteiger charge is 2.52. The van der Waals surface area contributed by atoms with Gasteiger partial charge >= 0.3 is 25.7 Å². The second-order valence-corrected chi connectivity index (χ2v) is 6.22. The summed E-state index contributed by atoms with van der Waals surface area (Å²) >= 11 is 0. The van der Waals surface area contributed by atoms with E-state index in [1.165, 1.54) is 6.92 Å². The molecule has 1 rings (SSSR count). The summed E-state index contributed by atoms with van der Waals surface area (Å²) < 4.78 is 35.8. The SMILES string of the molecule is CC(=O)O[C@H]1[C@@H](OC(C)=O)[C@H](C)O[C@H](OP(=O)(O)O)[C@@H]1OC(C)=O. The van der Waals surface area contributed by atoms with Crippen LogP contribution in [0.4, 0.5) is 0 Å². The maximum absolute atomic E-state index is 11.3. The maximum Gasteiger partial charge on any atom is 0.472 e. The minimum absolute atomic E-state index is 0.719. The fourth-order valence-electron chi connectivity index (χ4n) is 2.19. The number of hydrogen-bond acceptors (Lipinski definition) is 9. The molecule has 0 aromatic rings. The predicted molar refractivity (Wildman–Crippen MR) is 74.1 cm³/mol. The minimum atomic E-state index is -5.01. The molecule has 0 saturated carbocycles. The van der Waals surface area contributed by atoms with E-state index in [1.54, 1.807) is 0 Å². The highest BCUT2D eigenvalue weighted by atomic mass is 31.2. The molecular formula is C12H19O11P. The van der Waals surface area contributed by atoms with Crippen molar-refractivity contribution in [2.45, 2.75) is 58.4 Å². The van der Waals surface area contributed by atoms with Gasteiger partial charge in [0.25, 0.3) is 0 Å². The number of phosphoric acid groups is 1. The smallest absolute Gasteiger partial charge is 0.456 e. The van der Waals surface area contributed by atoms with Gasteiger partial charge < -0.3 is 28.7 Å². The lowest BCUT2D eigenvalue weighted by atomic mass is 9.99. The Labute approximate surface area is 137 Å². The van der Waals surface area contributed by atoms with Crippen molar-refractivity contribution >= 4 is 25.7 Å². The van der Waals surface area contributed by atoms with Gasteiger partial charge in [0.2, 0.25) is 6.29 Å². The van der Waals surface area contributed by atoms with E-state index in [0.29, 0.717) is 0 Å². The van der Waals surface area contributed by atoms with Gasteiger partial charge in [0.05, 0.1) is 6.10 Å². The van der Waals surface area contributed by atoms with Crippen LogP contribution in [0.3, 0.4) is 0 Å². The molecule has 0 radical (unpaired) electrons. The largest absolute Gasteiger partial charge is 0.472 e. The van der Waals surface area contributed by atoms with Crippen molar-refractivity contribution in [1.82, 2.24) is 0 Å². The van der Waals surface area contributed by atoms with Gasteiger partial charge in [-0.05, 0) is 6.92 Å². The average Bonchev–Trinajstić information content (AvgIpc) is 2.35. The number of carbonyl (C=O) groups is 3. The summed E-state index contributed by atoms with van der Waals surface area (Å²) in [6.45, 7) is 4.60. The third-order valence-electron chi connectivity index (χ3n) is 2.87. The number of ether oxygens (including phenoxy) is 4. The quantitative estimate of drug-likeness (QED) is 0.370. The fraction of sp³-hybridized carbons (Fsp3) is 0.750. The van der Waals surface area contributed by atoms with Crippen molar-refractivity contribution in [3.05, 3.63) is 0 Å². The van der Waals surface area contributed by atoms with E-state index in [9.17, 15) is 18.9 Å². The molecule has 0 aliphatic carbocycles. The molecule has 1 aliphatic rings. The third kappa shape index (κ3) is 6.17. The van der Waals surface area contributed by atoms with E-state index in [-0.39, 0.29) is 0 Å². The number of esters is 3. The Balaban J connectivity index is 3.21. The van der Waals surface area contributed by atoms with Crippen LogP contribution in [0, 0.1) is 0 Å². The molecule has 2 N–H and O–H groups in total. The molecule has 1 saturated heterocycles. The zero-order chi connectivity index (χ0) is 18.7. The first kappa shape index (κ1) is 20.5. The van der Waals surface area contributed by atoms with E-state index in [4.69, 9.17) is 28.7 Å². The first-order chi connectivity index (χ1) is 10.9. The first-order valence-corrected chi connectivity index (χ1v) is 8.35. The summed E-state index contributed by atoms with van der Waals surface area (Å²) in [7, 11) is -5.01. The van der Waals surface area contributed by atoms with Gasteiger partial charge in [0.15, 0.2) is 18.3 Å². The van der Waals surface area contributed by atoms with Gasteiger partial charge in [0.1, 0.15) is 0 Å².